The topological polar surface area (TPSA) is 110 Å². The molecule has 0 bridgehead atoms. The molecule has 21 heavy (non-hydrogen) atoms. The van der Waals surface area contributed by atoms with Gasteiger partial charge in [-0.15, -0.1) is 0 Å². The average Bonchev–Trinajstić information content (AvgIpc) is 2.96. The van der Waals surface area contributed by atoms with Crippen LogP contribution in [0.2, 0.25) is 5.02 Å². The number of rotatable bonds is 5. The lowest BCUT2D eigenvalue weighted by Crippen LogP contribution is -2.28. The Kier molecular flexibility index (Phi) is 4.98. The van der Waals surface area contributed by atoms with Gasteiger partial charge >= 0.3 is 0 Å². The van der Waals surface area contributed by atoms with Crippen LogP contribution >= 0.6 is 11.6 Å². The van der Waals surface area contributed by atoms with Crippen LogP contribution in [0.1, 0.15) is 36.0 Å². The normalized spacial score (nSPS) is 15.0. The summed E-state index contributed by atoms with van der Waals surface area (Å²) in [4.78, 5) is 22.4. The Morgan fingerprint density at radius 1 is 1.43 bits per heavy atom. The molecule has 4 N–H and O–H groups in total. The summed E-state index contributed by atoms with van der Waals surface area (Å²) >= 11 is 5.92. The van der Waals surface area contributed by atoms with E-state index >= 15 is 0 Å². The average molecular weight is 313 g/mol. The number of nitrogens with zero attached hydrogens (tertiary/aromatic N) is 1. The van der Waals surface area contributed by atoms with Gasteiger partial charge in [-0.3, -0.25) is 20.8 Å². The highest BCUT2D eigenvalue weighted by Gasteiger charge is 2.22. The quantitative estimate of drug-likeness (QED) is 0.439. The first kappa shape index (κ1) is 15.5. The zero-order chi connectivity index (χ0) is 15.4. The summed E-state index contributed by atoms with van der Waals surface area (Å²) in [5.41, 5.74) is 2.01. The fourth-order valence-electron chi connectivity index (χ4n) is 2.56. The molecule has 1 aliphatic carbocycles. The highest BCUT2D eigenvalue weighted by molar-refractivity contribution is 6.34. The second-order valence-corrected chi connectivity index (χ2v) is 5.52. The number of nitro benzene ring substituents is 1. The van der Waals surface area contributed by atoms with Crippen LogP contribution in [-0.4, -0.2) is 17.4 Å². The standard InChI is InChI=1S/C13H17ClN4O3/c14-10-5-9(6-11(18(20)21)12(10)17-15)13(19)16-7-8-3-1-2-4-8/h5-6,8,17H,1-4,7,15H2,(H,16,19). The van der Waals surface area contributed by atoms with E-state index in [0.717, 1.165) is 12.8 Å². The number of anilines is 1. The molecule has 7 nitrogen and oxygen atoms in total. The minimum absolute atomic E-state index is 0.00555. The number of hydrogen-bond donors (Lipinski definition) is 3. The SMILES string of the molecule is NNc1c(Cl)cc(C(=O)NCC2CCCC2)cc1[N+](=O)[O-]. The van der Waals surface area contributed by atoms with Crippen LogP contribution in [0.4, 0.5) is 11.4 Å². The maximum atomic E-state index is 12.1. The molecular formula is C13H17ClN4O3. The maximum absolute atomic E-state index is 12.1. The van der Waals surface area contributed by atoms with Crippen LogP contribution in [0.3, 0.4) is 0 Å². The van der Waals surface area contributed by atoms with Gasteiger partial charge in [0.1, 0.15) is 5.69 Å². The van der Waals surface area contributed by atoms with Gasteiger partial charge in [0.15, 0.2) is 0 Å². The Morgan fingerprint density at radius 2 is 2.10 bits per heavy atom. The van der Waals surface area contributed by atoms with Gasteiger partial charge < -0.3 is 10.7 Å². The van der Waals surface area contributed by atoms with E-state index in [9.17, 15) is 14.9 Å². The second kappa shape index (κ2) is 6.73. The molecule has 0 atom stereocenters. The summed E-state index contributed by atoms with van der Waals surface area (Å²) in [6.45, 7) is 0.584. The molecule has 0 spiro atoms. The van der Waals surface area contributed by atoms with Crippen LogP contribution in [0, 0.1) is 16.0 Å². The number of amides is 1. The molecule has 8 heteroatoms. The predicted octanol–water partition coefficient (Wildman–Crippen LogP) is 2.45. The first-order valence-corrected chi connectivity index (χ1v) is 7.13. The minimum atomic E-state index is -0.630. The molecule has 2 rings (SSSR count). The van der Waals surface area contributed by atoms with Crippen molar-refractivity contribution < 1.29 is 9.72 Å². The van der Waals surface area contributed by atoms with Crippen molar-refractivity contribution >= 4 is 28.9 Å². The summed E-state index contributed by atoms with van der Waals surface area (Å²) in [7, 11) is 0. The lowest BCUT2D eigenvalue weighted by atomic mass is 10.1. The Bertz CT molecular complexity index is 559. The first-order valence-electron chi connectivity index (χ1n) is 6.75. The molecule has 1 amide bonds. The maximum Gasteiger partial charge on any atom is 0.295 e. The Hall–Kier alpha value is -1.86. The number of nitrogens with one attached hydrogen (secondary N) is 2. The van der Waals surface area contributed by atoms with E-state index < -0.39 is 4.92 Å². The lowest BCUT2D eigenvalue weighted by Gasteiger charge is -2.11. The zero-order valence-electron chi connectivity index (χ0n) is 11.4. The number of hydrogen-bond acceptors (Lipinski definition) is 5. The number of hydrazine groups is 1. The van der Waals surface area contributed by atoms with Crippen LogP contribution in [0.5, 0.6) is 0 Å². The molecule has 0 saturated heterocycles. The van der Waals surface area contributed by atoms with E-state index in [0.29, 0.717) is 12.5 Å². The van der Waals surface area contributed by atoms with Crippen molar-refractivity contribution in [2.45, 2.75) is 25.7 Å². The van der Waals surface area contributed by atoms with E-state index in [1.54, 1.807) is 0 Å². The molecule has 0 heterocycles. The van der Waals surface area contributed by atoms with Crippen molar-refractivity contribution in [1.29, 1.82) is 0 Å². The molecule has 114 valence electrons. The molecule has 0 radical (unpaired) electrons. The van der Waals surface area contributed by atoms with Gasteiger partial charge in [-0.2, -0.15) is 0 Å². The van der Waals surface area contributed by atoms with Crippen LogP contribution in [0.15, 0.2) is 12.1 Å². The second-order valence-electron chi connectivity index (χ2n) is 5.11. The van der Waals surface area contributed by atoms with Crippen LogP contribution in [-0.2, 0) is 0 Å². The highest BCUT2D eigenvalue weighted by Crippen LogP contribution is 2.33. The molecule has 0 aliphatic heterocycles. The number of carbonyl (C=O) groups is 1. The van der Waals surface area contributed by atoms with Crippen molar-refractivity contribution in [2.75, 3.05) is 12.0 Å². The van der Waals surface area contributed by atoms with Crippen LogP contribution < -0.4 is 16.6 Å². The molecule has 0 aromatic heterocycles. The van der Waals surface area contributed by atoms with Gasteiger partial charge in [0.05, 0.1) is 9.95 Å². The number of nitrogen functional groups attached to an aromatic ring is 1. The van der Waals surface area contributed by atoms with E-state index in [1.807, 2.05) is 0 Å². The zero-order valence-corrected chi connectivity index (χ0v) is 12.2. The molecule has 1 aromatic carbocycles. The lowest BCUT2D eigenvalue weighted by molar-refractivity contribution is -0.384. The fraction of sp³-hybridized carbons (Fsp3) is 0.462. The van der Waals surface area contributed by atoms with Gasteiger partial charge in [0.2, 0.25) is 0 Å². The number of halogens is 1. The largest absolute Gasteiger partial charge is 0.352 e. The van der Waals surface area contributed by atoms with E-state index in [-0.39, 0.29) is 27.9 Å². The fourth-order valence-corrected chi connectivity index (χ4v) is 2.83. The molecular weight excluding hydrogens is 296 g/mol. The third kappa shape index (κ3) is 3.62. The molecule has 1 aliphatic rings. The summed E-state index contributed by atoms with van der Waals surface area (Å²) in [5, 5.41) is 13.8. The van der Waals surface area contributed by atoms with Gasteiger partial charge in [0, 0.05) is 18.2 Å². The van der Waals surface area contributed by atoms with Gasteiger partial charge in [-0.1, -0.05) is 24.4 Å². The molecule has 1 aromatic rings. The number of benzene rings is 1. The molecule has 1 fully saturated rings. The van der Waals surface area contributed by atoms with Gasteiger partial charge in [0.25, 0.3) is 11.6 Å². The summed E-state index contributed by atoms with van der Waals surface area (Å²) in [6.07, 6.45) is 4.60. The Labute approximate surface area is 127 Å². The molecule has 0 unspecified atom stereocenters. The van der Waals surface area contributed by atoms with E-state index in [4.69, 9.17) is 17.4 Å². The van der Waals surface area contributed by atoms with Gasteiger partial charge in [-0.05, 0) is 24.8 Å². The Morgan fingerprint density at radius 3 is 2.67 bits per heavy atom. The highest BCUT2D eigenvalue weighted by atomic mass is 35.5. The van der Waals surface area contributed by atoms with Crippen LogP contribution in [0.25, 0.3) is 0 Å². The minimum Gasteiger partial charge on any atom is -0.352 e. The van der Waals surface area contributed by atoms with E-state index in [1.165, 1.54) is 25.0 Å². The van der Waals surface area contributed by atoms with Crippen molar-refractivity contribution in [1.82, 2.24) is 5.32 Å². The molecule has 1 saturated carbocycles. The smallest absolute Gasteiger partial charge is 0.295 e. The monoisotopic (exact) mass is 312 g/mol. The van der Waals surface area contributed by atoms with Crippen molar-refractivity contribution in [2.24, 2.45) is 11.8 Å². The van der Waals surface area contributed by atoms with Crippen molar-refractivity contribution in [3.8, 4) is 0 Å². The number of carbonyl (C=O) groups excluding carboxylic acids is 1. The third-order valence-electron chi connectivity index (χ3n) is 3.70. The summed E-state index contributed by atoms with van der Waals surface area (Å²) < 4.78 is 0. The van der Waals surface area contributed by atoms with E-state index in [2.05, 4.69) is 10.7 Å². The third-order valence-corrected chi connectivity index (χ3v) is 4.00. The van der Waals surface area contributed by atoms with Crippen molar-refractivity contribution in [3.05, 3.63) is 32.8 Å². The summed E-state index contributed by atoms with van der Waals surface area (Å²) in [5.74, 6) is 5.34. The Balaban J connectivity index is 2.14. The number of nitro groups is 1. The predicted molar refractivity (Wildman–Crippen MR) is 80.2 cm³/mol. The summed E-state index contributed by atoms with van der Waals surface area (Å²) in [6, 6.07) is 2.54. The van der Waals surface area contributed by atoms with Crippen molar-refractivity contribution in [3.63, 3.8) is 0 Å². The van der Waals surface area contributed by atoms with Gasteiger partial charge in [-0.25, -0.2) is 0 Å². The number of nitrogens with two attached hydrogens (primary N) is 1. The first-order chi connectivity index (χ1) is 10.0.